The summed E-state index contributed by atoms with van der Waals surface area (Å²) in [6.07, 6.45) is 2.81. The van der Waals surface area contributed by atoms with Crippen LogP contribution in [-0.2, 0) is 19.6 Å². The summed E-state index contributed by atoms with van der Waals surface area (Å²) in [7, 11) is -3.11. The van der Waals surface area contributed by atoms with E-state index in [9.17, 15) is 13.2 Å². The molecule has 2 bridgehead atoms. The quantitative estimate of drug-likeness (QED) is 0.595. The second-order valence-electron chi connectivity index (χ2n) is 5.96. The zero-order chi connectivity index (χ0) is 14.9. The van der Waals surface area contributed by atoms with E-state index in [0.717, 1.165) is 19.3 Å². The van der Waals surface area contributed by atoms with E-state index in [0.29, 0.717) is 29.9 Å². The highest BCUT2D eigenvalue weighted by Crippen LogP contribution is 2.49. The van der Waals surface area contributed by atoms with E-state index in [-0.39, 0.29) is 17.8 Å². The van der Waals surface area contributed by atoms with E-state index in [1.165, 1.54) is 0 Å². The van der Waals surface area contributed by atoms with Gasteiger partial charge in [0.1, 0.15) is 6.10 Å². The number of nitrogens with one attached hydrogen (secondary N) is 1. The normalized spacial score (nSPS) is 32.3. The Morgan fingerprint density at radius 1 is 1.30 bits per heavy atom. The lowest BCUT2D eigenvalue weighted by molar-refractivity contribution is -0.147. The van der Waals surface area contributed by atoms with Crippen molar-refractivity contribution in [3.8, 4) is 0 Å². The number of esters is 1. The molecule has 4 atom stereocenters. The molecule has 20 heavy (non-hydrogen) atoms. The Morgan fingerprint density at radius 2 is 2.00 bits per heavy atom. The van der Waals surface area contributed by atoms with Gasteiger partial charge in [-0.3, -0.25) is 0 Å². The van der Waals surface area contributed by atoms with Crippen molar-refractivity contribution in [2.75, 3.05) is 12.3 Å². The summed E-state index contributed by atoms with van der Waals surface area (Å²) in [4.78, 5) is 11.5. The standard InChI is InChI=1S/C14H23NO4S/c1-4-20(17,18)15-8-12-6-11-5-10(12)7-13(11)19-14(16)9(2)3/h10-13,15H,2,4-8H2,1,3H3. The van der Waals surface area contributed by atoms with E-state index >= 15 is 0 Å². The number of fused-ring (bicyclic) bond motifs is 2. The maximum absolute atomic E-state index is 11.5. The molecule has 1 N–H and O–H groups in total. The lowest BCUT2D eigenvalue weighted by atomic mass is 9.87. The minimum absolute atomic E-state index is 0.0109. The highest BCUT2D eigenvalue weighted by atomic mass is 32.2. The third-order valence-electron chi connectivity index (χ3n) is 4.49. The summed E-state index contributed by atoms with van der Waals surface area (Å²) in [6.45, 7) is 7.39. The molecule has 0 aliphatic heterocycles. The van der Waals surface area contributed by atoms with Gasteiger partial charge in [0, 0.05) is 12.1 Å². The van der Waals surface area contributed by atoms with Gasteiger partial charge in [-0.05, 0) is 50.9 Å². The summed E-state index contributed by atoms with van der Waals surface area (Å²) in [5.41, 5.74) is 0.431. The van der Waals surface area contributed by atoms with Crippen LogP contribution in [0, 0.1) is 17.8 Å². The molecule has 114 valence electrons. The summed E-state index contributed by atoms with van der Waals surface area (Å²) in [5, 5.41) is 0. The number of ether oxygens (including phenoxy) is 1. The first-order valence-corrected chi connectivity index (χ1v) is 8.81. The van der Waals surface area contributed by atoms with E-state index in [1.807, 2.05) is 0 Å². The van der Waals surface area contributed by atoms with Crippen molar-refractivity contribution in [2.24, 2.45) is 17.8 Å². The Labute approximate surface area is 120 Å². The minimum Gasteiger partial charge on any atom is -0.459 e. The van der Waals surface area contributed by atoms with Crippen LogP contribution in [0.15, 0.2) is 12.2 Å². The molecule has 0 aromatic rings. The summed E-state index contributed by atoms with van der Waals surface area (Å²) >= 11 is 0. The fourth-order valence-corrected chi connectivity index (χ4v) is 3.98. The van der Waals surface area contributed by atoms with Gasteiger partial charge in [-0.1, -0.05) is 6.58 Å². The second kappa shape index (κ2) is 5.85. The molecule has 0 aromatic carbocycles. The first kappa shape index (κ1) is 15.5. The molecule has 6 heteroatoms. The van der Waals surface area contributed by atoms with Crippen molar-refractivity contribution in [1.82, 2.24) is 4.72 Å². The van der Waals surface area contributed by atoms with Crippen LogP contribution in [0.2, 0.25) is 0 Å². The number of hydrogen-bond acceptors (Lipinski definition) is 4. The van der Waals surface area contributed by atoms with Crippen molar-refractivity contribution in [1.29, 1.82) is 0 Å². The molecule has 0 amide bonds. The third-order valence-corrected chi connectivity index (χ3v) is 5.86. The van der Waals surface area contributed by atoms with Crippen LogP contribution in [0.3, 0.4) is 0 Å². The molecule has 0 spiro atoms. The van der Waals surface area contributed by atoms with Crippen LogP contribution in [0.1, 0.15) is 33.1 Å². The molecule has 2 aliphatic rings. The van der Waals surface area contributed by atoms with E-state index in [4.69, 9.17) is 4.74 Å². The Balaban J connectivity index is 1.83. The lowest BCUT2D eigenvalue weighted by Crippen LogP contribution is -2.35. The molecule has 0 saturated heterocycles. The predicted octanol–water partition coefficient (Wildman–Crippen LogP) is 1.46. The monoisotopic (exact) mass is 301 g/mol. The molecular formula is C14H23NO4S. The maximum atomic E-state index is 11.5. The van der Waals surface area contributed by atoms with Gasteiger partial charge >= 0.3 is 5.97 Å². The van der Waals surface area contributed by atoms with Crippen LogP contribution in [0.25, 0.3) is 0 Å². The third kappa shape index (κ3) is 3.41. The summed E-state index contributed by atoms with van der Waals surface area (Å²) < 4.78 is 31.0. The molecule has 2 fully saturated rings. The highest BCUT2D eigenvalue weighted by molar-refractivity contribution is 7.89. The first-order chi connectivity index (χ1) is 9.32. The lowest BCUT2D eigenvalue weighted by Gasteiger charge is -2.27. The van der Waals surface area contributed by atoms with Crippen LogP contribution >= 0.6 is 0 Å². The Kier molecular flexibility index (Phi) is 4.54. The number of carbonyl (C=O) groups excluding carboxylic acids is 1. The molecule has 0 aromatic heterocycles. The van der Waals surface area contributed by atoms with Crippen molar-refractivity contribution < 1.29 is 17.9 Å². The second-order valence-corrected chi connectivity index (χ2v) is 8.06. The smallest absolute Gasteiger partial charge is 0.333 e. The van der Waals surface area contributed by atoms with Gasteiger partial charge in [0.15, 0.2) is 0 Å². The van der Waals surface area contributed by atoms with Crippen molar-refractivity contribution in [3.63, 3.8) is 0 Å². The molecule has 2 rings (SSSR count). The van der Waals surface area contributed by atoms with Crippen molar-refractivity contribution in [3.05, 3.63) is 12.2 Å². The molecule has 0 radical (unpaired) electrons. The summed E-state index contributed by atoms with van der Waals surface area (Å²) in [5.74, 6) is 1.01. The predicted molar refractivity (Wildman–Crippen MR) is 76.5 cm³/mol. The molecule has 4 unspecified atom stereocenters. The van der Waals surface area contributed by atoms with Crippen LogP contribution < -0.4 is 4.72 Å². The van der Waals surface area contributed by atoms with Gasteiger partial charge in [-0.25, -0.2) is 17.9 Å². The Bertz CT molecular complexity index is 499. The largest absolute Gasteiger partial charge is 0.459 e. The fraction of sp³-hybridized carbons (Fsp3) is 0.786. The van der Waals surface area contributed by atoms with Gasteiger partial charge in [0.05, 0.1) is 5.75 Å². The van der Waals surface area contributed by atoms with Gasteiger partial charge in [-0.2, -0.15) is 0 Å². The van der Waals surface area contributed by atoms with Gasteiger partial charge in [0.25, 0.3) is 0 Å². The summed E-state index contributed by atoms with van der Waals surface area (Å²) in [6, 6.07) is 0. The Morgan fingerprint density at radius 3 is 2.50 bits per heavy atom. The SMILES string of the molecule is C=C(C)C(=O)OC1CC2CC1CC2CNS(=O)(=O)CC. The highest BCUT2D eigenvalue weighted by Gasteiger charge is 2.47. The van der Waals surface area contributed by atoms with Crippen molar-refractivity contribution >= 4 is 16.0 Å². The average molecular weight is 301 g/mol. The molecule has 0 heterocycles. The van der Waals surface area contributed by atoms with Gasteiger partial charge < -0.3 is 4.74 Å². The van der Waals surface area contributed by atoms with Gasteiger partial charge in [-0.15, -0.1) is 0 Å². The van der Waals surface area contributed by atoms with Crippen LogP contribution in [0.5, 0.6) is 0 Å². The minimum atomic E-state index is -3.11. The molecule has 2 aliphatic carbocycles. The zero-order valence-corrected chi connectivity index (χ0v) is 12.9. The molecule has 5 nitrogen and oxygen atoms in total. The van der Waals surface area contributed by atoms with E-state index in [1.54, 1.807) is 13.8 Å². The fourth-order valence-electron chi connectivity index (χ4n) is 3.31. The first-order valence-electron chi connectivity index (χ1n) is 7.16. The van der Waals surface area contributed by atoms with Crippen LogP contribution in [-0.4, -0.2) is 32.8 Å². The number of hydrogen-bond donors (Lipinski definition) is 1. The average Bonchev–Trinajstić information content (AvgIpc) is 2.95. The molecule has 2 saturated carbocycles. The van der Waals surface area contributed by atoms with Gasteiger partial charge in [0.2, 0.25) is 10.0 Å². The molecular weight excluding hydrogens is 278 g/mol. The van der Waals surface area contributed by atoms with E-state index in [2.05, 4.69) is 11.3 Å². The number of carbonyl (C=O) groups is 1. The topological polar surface area (TPSA) is 72.5 Å². The number of sulfonamides is 1. The maximum Gasteiger partial charge on any atom is 0.333 e. The number of rotatable bonds is 6. The Hall–Kier alpha value is -0.880. The van der Waals surface area contributed by atoms with Crippen molar-refractivity contribution in [2.45, 2.75) is 39.2 Å². The van der Waals surface area contributed by atoms with E-state index < -0.39 is 10.0 Å². The zero-order valence-electron chi connectivity index (χ0n) is 12.1. The van der Waals surface area contributed by atoms with Crippen LogP contribution in [0.4, 0.5) is 0 Å².